The van der Waals surface area contributed by atoms with E-state index in [1.54, 1.807) is 19.9 Å². The Balaban J connectivity index is 0.000000545. The number of halogens is 1. The van der Waals surface area contributed by atoms with Crippen molar-refractivity contribution in [2.24, 2.45) is 0 Å². The van der Waals surface area contributed by atoms with E-state index in [2.05, 4.69) is 32.8 Å². The largest absolute Gasteiger partial charge is 1.00 e. The molecular formula is C28H28BrN2NaO5. The van der Waals surface area contributed by atoms with Crippen LogP contribution in [0.1, 0.15) is 37.5 Å². The zero-order valence-corrected chi connectivity index (χ0v) is 25.1. The quantitative estimate of drug-likeness (QED) is 0.215. The van der Waals surface area contributed by atoms with Crippen molar-refractivity contribution in [3.05, 3.63) is 94.1 Å². The maximum Gasteiger partial charge on any atom is 1.00 e. The van der Waals surface area contributed by atoms with E-state index in [1.165, 1.54) is 12.3 Å². The number of hydrogen-bond acceptors (Lipinski definition) is 7. The summed E-state index contributed by atoms with van der Waals surface area (Å²) >= 11 is 3.35. The molecular weight excluding hydrogens is 547 g/mol. The summed E-state index contributed by atoms with van der Waals surface area (Å²) in [6.07, 6.45) is 4.65. The number of hydrogen-bond donors (Lipinski definition) is 0. The van der Waals surface area contributed by atoms with E-state index in [-0.39, 0.29) is 41.5 Å². The number of nitriles is 2. The second kappa shape index (κ2) is 20.1. The summed E-state index contributed by atoms with van der Waals surface area (Å²) < 4.78 is 15.3. The van der Waals surface area contributed by atoms with Gasteiger partial charge in [0.15, 0.2) is 0 Å². The molecule has 0 radical (unpaired) electrons. The third-order valence-corrected chi connectivity index (χ3v) is 5.17. The van der Waals surface area contributed by atoms with Gasteiger partial charge in [0.1, 0.15) is 0 Å². The van der Waals surface area contributed by atoms with Crippen molar-refractivity contribution in [2.45, 2.75) is 27.2 Å². The SMILES string of the molecule is CCO/C([O-])=C1/C=C(C#N)c2ccccc21.CCO/C=C\C(=O)OCC.N#CCc1ccccc1Br.[Na+]. The van der Waals surface area contributed by atoms with E-state index in [1.807, 2.05) is 55.5 Å². The molecule has 0 saturated heterocycles. The molecule has 0 fully saturated rings. The number of allylic oxidation sites excluding steroid dienone is 3. The van der Waals surface area contributed by atoms with Gasteiger partial charge in [0.25, 0.3) is 0 Å². The second-order valence-corrected chi connectivity index (χ2v) is 7.64. The van der Waals surface area contributed by atoms with Gasteiger partial charge < -0.3 is 19.3 Å². The smallest absolute Gasteiger partial charge is 0.613 e. The van der Waals surface area contributed by atoms with Gasteiger partial charge in [0, 0.05) is 15.6 Å². The molecule has 1 aliphatic rings. The Kier molecular flexibility index (Phi) is 18.5. The van der Waals surface area contributed by atoms with Crippen LogP contribution in [-0.2, 0) is 25.4 Å². The van der Waals surface area contributed by atoms with Gasteiger partial charge >= 0.3 is 35.5 Å². The summed E-state index contributed by atoms with van der Waals surface area (Å²) in [7, 11) is 0. The molecule has 0 aromatic heterocycles. The number of ether oxygens (including phenoxy) is 3. The molecule has 37 heavy (non-hydrogen) atoms. The van der Waals surface area contributed by atoms with Crippen molar-refractivity contribution in [1.82, 2.24) is 0 Å². The molecule has 2 aromatic carbocycles. The van der Waals surface area contributed by atoms with Crippen LogP contribution < -0.4 is 34.7 Å². The minimum Gasteiger partial charge on any atom is -0.613 e. The van der Waals surface area contributed by atoms with Crippen LogP contribution in [-0.4, -0.2) is 25.8 Å². The first kappa shape index (κ1) is 34.0. The van der Waals surface area contributed by atoms with E-state index < -0.39 is 0 Å². The van der Waals surface area contributed by atoms with Crippen LogP contribution in [0.15, 0.2) is 77.4 Å². The summed E-state index contributed by atoms with van der Waals surface area (Å²) in [5.41, 5.74) is 3.60. The normalized spacial score (nSPS) is 12.0. The fraction of sp³-hybridized carbons (Fsp3) is 0.250. The van der Waals surface area contributed by atoms with Crippen molar-refractivity contribution in [1.29, 1.82) is 10.5 Å². The molecule has 7 nitrogen and oxygen atoms in total. The number of carbonyl (C=O) groups is 1. The van der Waals surface area contributed by atoms with Gasteiger partial charge in [0.2, 0.25) is 0 Å². The Morgan fingerprint density at radius 2 is 1.59 bits per heavy atom. The van der Waals surface area contributed by atoms with Crippen molar-refractivity contribution in [2.75, 3.05) is 19.8 Å². The van der Waals surface area contributed by atoms with Crippen molar-refractivity contribution >= 4 is 33.0 Å². The summed E-state index contributed by atoms with van der Waals surface area (Å²) in [6.45, 7) is 6.65. The molecule has 0 saturated carbocycles. The Hall–Kier alpha value is -3.01. The molecule has 0 spiro atoms. The van der Waals surface area contributed by atoms with Gasteiger partial charge in [-0.05, 0) is 43.7 Å². The van der Waals surface area contributed by atoms with Crippen LogP contribution in [0.5, 0.6) is 0 Å². The molecule has 188 valence electrons. The maximum absolute atomic E-state index is 11.7. The van der Waals surface area contributed by atoms with Crippen molar-refractivity contribution in [3.63, 3.8) is 0 Å². The number of carbonyl (C=O) groups excluding carboxylic acids is 1. The van der Waals surface area contributed by atoms with Crippen LogP contribution in [0, 0.1) is 22.7 Å². The first-order valence-electron chi connectivity index (χ1n) is 11.2. The van der Waals surface area contributed by atoms with Crippen LogP contribution >= 0.6 is 15.9 Å². The molecule has 0 atom stereocenters. The van der Waals surface area contributed by atoms with Gasteiger partial charge in [-0.2, -0.15) is 10.5 Å². The minimum absolute atomic E-state index is 0. The molecule has 0 bridgehead atoms. The zero-order valence-electron chi connectivity index (χ0n) is 21.5. The predicted octanol–water partition coefficient (Wildman–Crippen LogP) is 2.29. The first-order chi connectivity index (χ1) is 17.4. The number of esters is 1. The first-order valence-corrected chi connectivity index (χ1v) is 12.0. The Labute approximate surface area is 249 Å². The van der Waals surface area contributed by atoms with E-state index >= 15 is 0 Å². The van der Waals surface area contributed by atoms with Crippen molar-refractivity contribution in [3.8, 4) is 12.1 Å². The topological polar surface area (TPSA) is 115 Å². The number of fused-ring (bicyclic) bond motifs is 1. The Morgan fingerprint density at radius 1 is 0.973 bits per heavy atom. The second-order valence-electron chi connectivity index (χ2n) is 6.79. The molecule has 3 rings (SSSR count). The fourth-order valence-corrected chi connectivity index (χ4v) is 3.27. The third kappa shape index (κ3) is 12.2. The molecule has 0 N–H and O–H groups in total. The summed E-state index contributed by atoms with van der Waals surface area (Å²) in [6, 6.07) is 19.2. The fourth-order valence-electron chi connectivity index (χ4n) is 2.84. The van der Waals surface area contributed by atoms with Gasteiger partial charge in [-0.3, -0.25) is 0 Å². The number of nitrogens with zero attached hydrogens (tertiary/aromatic N) is 2. The summed E-state index contributed by atoms with van der Waals surface area (Å²) in [5.74, 6) is -0.740. The van der Waals surface area contributed by atoms with Crippen LogP contribution in [0.25, 0.3) is 11.1 Å². The van der Waals surface area contributed by atoms with Crippen LogP contribution in [0.3, 0.4) is 0 Å². The van der Waals surface area contributed by atoms with Gasteiger partial charge in [0.05, 0.1) is 55.6 Å². The molecule has 9 heteroatoms. The molecule has 1 aliphatic carbocycles. The van der Waals surface area contributed by atoms with Crippen LogP contribution in [0.2, 0.25) is 0 Å². The predicted molar refractivity (Wildman–Crippen MR) is 139 cm³/mol. The Morgan fingerprint density at radius 3 is 2.16 bits per heavy atom. The average Bonchev–Trinajstić information content (AvgIpc) is 3.26. The van der Waals surface area contributed by atoms with Gasteiger partial charge in [-0.1, -0.05) is 65.3 Å². The van der Waals surface area contributed by atoms with E-state index in [9.17, 15) is 9.90 Å². The molecule has 0 amide bonds. The zero-order chi connectivity index (χ0) is 26.8. The molecule has 0 unspecified atom stereocenters. The maximum atomic E-state index is 11.7. The van der Waals surface area contributed by atoms with Crippen molar-refractivity contribution < 1.29 is 53.7 Å². The molecule has 2 aromatic rings. The van der Waals surface area contributed by atoms with E-state index in [0.29, 0.717) is 37.4 Å². The monoisotopic (exact) mass is 574 g/mol. The minimum atomic E-state index is -0.375. The third-order valence-electron chi connectivity index (χ3n) is 4.39. The van der Waals surface area contributed by atoms with Gasteiger partial charge in [-0.25, -0.2) is 4.79 Å². The number of benzene rings is 2. The molecule has 0 aliphatic heterocycles. The standard InChI is InChI=1S/C13H11NO2.C8H6BrN.C7H12O3.Na/c1-2-16-13(15)12-7-9(8-14)10-5-3-4-6-11(10)12;9-8-4-2-1-3-7(8)5-6-10;1-3-9-6-5-7(8)10-4-2;/h3-7,15H,2H2,1H3;1-4H,5H2;5-6H,3-4H2,1-2H3;/q;;;+1/p-1/b13-12-;;6-5-;. The summed E-state index contributed by atoms with van der Waals surface area (Å²) in [5, 5.41) is 29.0. The number of rotatable bonds is 7. The van der Waals surface area contributed by atoms with Gasteiger partial charge in [-0.15, -0.1) is 0 Å². The Bertz CT molecular complexity index is 1180. The average molecular weight is 575 g/mol. The molecule has 0 heterocycles. The summed E-state index contributed by atoms with van der Waals surface area (Å²) in [4.78, 5) is 10.5. The van der Waals surface area contributed by atoms with Crippen LogP contribution in [0.4, 0.5) is 0 Å². The van der Waals surface area contributed by atoms with E-state index in [0.717, 1.165) is 21.2 Å². The van der Waals surface area contributed by atoms with E-state index in [4.69, 9.17) is 20.0 Å².